The maximum atomic E-state index is 7.07. The van der Waals surface area contributed by atoms with Gasteiger partial charge in [-0.1, -0.05) is 32.0 Å². The fourth-order valence-electron chi connectivity index (χ4n) is 8.43. The second-order valence-corrected chi connectivity index (χ2v) is 14.9. The molecule has 0 amide bonds. The zero-order valence-corrected chi connectivity index (χ0v) is 32.3. The second-order valence-electron chi connectivity index (χ2n) is 14.5. The van der Waals surface area contributed by atoms with E-state index in [1.54, 1.807) is 14.2 Å². The van der Waals surface area contributed by atoms with Crippen molar-refractivity contribution in [3.05, 3.63) is 94.0 Å². The van der Waals surface area contributed by atoms with Gasteiger partial charge in [-0.2, -0.15) is 0 Å². The minimum absolute atomic E-state index is 0.106. The molecule has 0 fully saturated rings. The number of nitrogens with one attached hydrogen (secondary N) is 1. The summed E-state index contributed by atoms with van der Waals surface area (Å²) in [5.41, 5.74) is 7.14. The molecule has 0 unspecified atom stereocenters. The summed E-state index contributed by atoms with van der Waals surface area (Å²) in [7, 11) is 5.60. The van der Waals surface area contributed by atoms with E-state index in [0.29, 0.717) is 35.2 Å². The van der Waals surface area contributed by atoms with Crippen LogP contribution in [0.25, 0.3) is 0 Å². The molecule has 0 radical (unpaired) electrons. The summed E-state index contributed by atoms with van der Waals surface area (Å²) < 4.78 is 32.1. The number of rotatable bonds is 8. The van der Waals surface area contributed by atoms with Gasteiger partial charge in [-0.3, -0.25) is 4.90 Å². The number of thiocarbonyl (C=S) groups is 1. The molecule has 0 aliphatic carbocycles. The largest absolute Gasteiger partial charge is 0.493 e. The van der Waals surface area contributed by atoms with Crippen LogP contribution in [0.1, 0.15) is 65.7 Å². The van der Waals surface area contributed by atoms with Crippen LogP contribution in [-0.4, -0.2) is 80.3 Å². The Labute approximate surface area is 318 Å². The average Bonchev–Trinajstić information content (AvgIpc) is 3.17. The van der Waals surface area contributed by atoms with Crippen LogP contribution < -0.4 is 29.0 Å². The molecule has 0 aromatic heterocycles. The molecule has 9 nitrogen and oxygen atoms in total. The molecular weight excluding hydrogens is 685 g/mol. The van der Waals surface area contributed by atoms with Gasteiger partial charge in [-0.05, 0) is 141 Å². The van der Waals surface area contributed by atoms with Crippen LogP contribution in [0.15, 0.2) is 60.7 Å². The Morgan fingerprint density at radius 2 is 1.51 bits per heavy atom. The first-order chi connectivity index (χ1) is 25.9. The van der Waals surface area contributed by atoms with Crippen LogP contribution in [0.2, 0.25) is 0 Å². The van der Waals surface area contributed by atoms with Crippen molar-refractivity contribution in [2.24, 2.45) is 0 Å². The van der Waals surface area contributed by atoms with E-state index in [1.807, 2.05) is 18.2 Å². The summed E-state index contributed by atoms with van der Waals surface area (Å²) in [5.74, 6) is 5.63. The summed E-state index contributed by atoms with van der Waals surface area (Å²) in [5, 5.41) is 4.37. The summed E-state index contributed by atoms with van der Waals surface area (Å²) >= 11 is 6.18. The van der Waals surface area contributed by atoms with Crippen LogP contribution in [0.4, 0.5) is 0 Å². The maximum absolute atomic E-state index is 7.07. The summed E-state index contributed by atoms with van der Waals surface area (Å²) in [4.78, 5) is 7.22. The number of fused-ring (bicyclic) bond motifs is 2. The highest BCUT2D eigenvalue weighted by Crippen LogP contribution is 2.57. The molecule has 7 bridgehead atoms. The Bertz CT molecular complexity index is 2000. The van der Waals surface area contributed by atoms with Crippen molar-refractivity contribution in [3.8, 4) is 46.0 Å². The molecule has 4 aromatic carbocycles. The van der Waals surface area contributed by atoms with Crippen LogP contribution >= 0.6 is 12.2 Å². The molecular formula is C43H50N4O5S. The lowest BCUT2D eigenvalue weighted by molar-refractivity contribution is 0.227. The van der Waals surface area contributed by atoms with Crippen molar-refractivity contribution in [2.75, 3.05) is 60.5 Å². The van der Waals surface area contributed by atoms with Crippen LogP contribution in [0, 0.1) is 0 Å². The molecule has 10 heteroatoms. The lowest BCUT2D eigenvalue weighted by Crippen LogP contribution is -2.46. The van der Waals surface area contributed by atoms with E-state index in [-0.39, 0.29) is 12.1 Å². The first-order valence-electron chi connectivity index (χ1n) is 19.0. The van der Waals surface area contributed by atoms with Crippen molar-refractivity contribution in [1.82, 2.24) is 20.0 Å². The van der Waals surface area contributed by atoms with Gasteiger partial charge in [0.25, 0.3) is 0 Å². The van der Waals surface area contributed by atoms with E-state index in [9.17, 15) is 0 Å². The molecule has 53 heavy (non-hydrogen) atoms. The van der Waals surface area contributed by atoms with Crippen LogP contribution in [-0.2, 0) is 25.7 Å². The number of hydrogen-bond acceptors (Lipinski definition) is 8. The number of ether oxygens (including phenoxy) is 5. The van der Waals surface area contributed by atoms with Gasteiger partial charge >= 0.3 is 0 Å². The van der Waals surface area contributed by atoms with Gasteiger partial charge in [0, 0.05) is 31.2 Å². The van der Waals surface area contributed by atoms with Gasteiger partial charge in [0.1, 0.15) is 5.75 Å². The molecule has 5 aliphatic heterocycles. The fraction of sp³-hybridized carbons (Fsp3) is 0.419. The second kappa shape index (κ2) is 15.1. The topological polar surface area (TPSA) is 67.9 Å². The van der Waals surface area contributed by atoms with Gasteiger partial charge in [-0.15, -0.1) is 0 Å². The van der Waals surface area contributed by atoms with E-state index < -0.39 is 0 Å². The normalized spacial score (nSPS) is 18.4. The first-order valence-corrected chi connectivity index (χ1v) is 19.4. The number of likely N-dealkylation sites (N-methyl/N-ethyl adjacent to an activating group) is 1. The monoisotopic (exact) mass is 734 g/mol. The molecule has 9 rings (SSSR count). The lowest BCUT2D eigenvalue weighted by atomic mass is 9.86. The third-order valence-corrected chi connectivity index (χ3v) is 11.8. The van der Waals surface area contributed by atoms with E-state index in [1.165, 1.54) is 22.3 Å². The van der Waals surface area contributed by atoms with Crippen molar-refractivity contribution >= 4 is 17.3 Å². The Morgan fingerprint density at radius 1 is 0.792 bits per heavy atom. The molecule has 4 aromatic rings. The highest BCUT2D eigenvalue weighted by atomic mass is 32.1. The third kappa shape index (κ3) is 6.88. The fourth-order valence-corrected chi connectivity index (χ4v) is 8.75. The van der Waals surface area contributed by atoms with Crippen molar-refractivity contribution < 1.29 is 23.7 Å². The van der Waals surface area contributed by atoms with Crippen molar-refractivity contribution in [2.45, 2.75) is 58.0 Å². The number of hydrogen-bond donors (Lipinski definition) is 1. The van der Waals surface area contributed by atoms with Gasteiger partial charge in [0.05, 0.1) is 20.3 Å². The Balaban J connectivity index is 1.23. The van der Waals surface area contributed by atoms with E-state index in [0.717, 1.165) is 98.4 Å². The number of methoxy groups -OCH3 is 2. The lowest BCUT2D eigenvalue weighted by Gasteiger charge is -2.41. The Hall–Kier alpha value is -4.51. The summed E-state index contributed by atoms with van der Waals surface area (Å²) in [6, 6.07) is 21.2. The summed E-state index contributed by atoms with van der Waals surface area (Å²) in [6.45, 7) is 10.1. The predicted molar refractivity (Wildman–Crippen MR) is 212 cm³/mol. The molecule has 5 heterocycles. The van der Waals surface area contributed by atoms with E-state index in [2.05, 4.69) is 83.4 Å². The number of benzene rings is 4. The SMILES string of the molecule is CCN(CC)CCCNC(=S)N1CCc2cc(OC)c3c4c2[C@@H]1Cc1ccc(cc1)Oc1cc(ccc1OC)C[C@H]1c2cc(c(cc2CCN1C)O3)O4. The quantitative estimate of drug-likeness (QED) is 0.125. The predicted octanol–water partition coefficient (Wildman–Crippen LogP) is 8.23. The Morgan fingerprint density at radius 3 is 2.28 bits per heavy atom. The third-order valence-electron chi connectivity index (χ3n) is 11.5. The molecule has 0 saturated carbocycles. The minimum atomic E-state index is -0.106. The highest BCUT2D eigenvalue weighted by molar-refractivity contribution is 7.80. The molecule has 278 valence electrons. The zero-order valence-electron chi connectivity index (χ0n) is 31.5. The minimum Gasteiger partial charge on any atom is -0.493 e. The molecule has 0 spiro atoms. The summed E-state index contributed by atoms with van der Waals surface area (Å²) in [6.07, 6.45) is 4.26. The molecule has 2 atom stereocenters. The Kier molecular flexibility index (Phi) is 10.1. The van der Waals surface area contributed by atoms with Gasteiger partial charge in [0.15, 0.2) is 39.6 Å². The van der Waals surface area contributed by atoms with E-state index in [4.69, 9.17) is 35.9 Å². The highest BCUT2D eigenvalue weighted by Gasteiger charge is 2.39. The zero-order chi connectivity index (χ0) is 36.6. The van der Waals surface area contributed by atoms with Gasteiger partial charge in [0.2, 0.25) is 5.75 Å². The number of nitrogens with zero attached hydrogens (tertiary/aromatic N) is 3. The molecule has 1 N–H and O–H groups in total. The van der Waals surface area contributed by atoms with Gasteiger partial charge < -0.3 is 38.8 Å². The standard InChI is InChI=1S/C43H50N4O5S/c1-6-46(7-2)18-8-17-44-43(53)47-20-16-30-25-39(49-5)41-42-40(30)34(47)21-27-9-12-31(13-10-27)50-36-23-28(11-14-35(36)48-4)22-33-32-26-38(52-42)37(51-41)24-29(32)15-19-45(33)3/h9-14,23-26,33-34H,6-8,15-22H2,1-5H3,(H,44,53)/t33-,34-/m0/s1. The van der Waals surface area contributed by atoms with Crippen LogP contribution in [0.3, 0.4) is 0 Å². The van der Waals surface area contributed by atoms with Crippen LogP contribution in [0.5, 0.6) is 46.0 Å². The van der Waals surface area contributed by atoms with Gasteiger partial charge in [-0.25, -0.2) is 0 Å². The average molecular weight is 735 g/mol. The first kappa shape index (κ1) is 35.5. The molecule has 5 aliphatic rings. The maximum Gasteiger partial charge on any atom is 0.212 e. The van der Waals surface area contributed by atoms with Crippen molar-refractivity contribution in [1.29, 1.82) is 0 Å². The smallest absolute Gasteiger partial charge is 0.212 e. The van der Waals surface area contributed by atoms with E-state index >= 15 is 0 Å². The van der Waals surface area contributed by atoms with Crippen molar-refractivity contribution in [3.63, 3.8) is 0 Å². The molecule has 0 saturated heterocycles.